The number of aromatic nitrogens is 2. The maximum Gasteiger partial charge on any atom is 0.262 e. The van der Waals surface area contributed by atoms with Crippen molar-refractivity contribution in [2.75, 3.05) is 4.72 Å². The van der Waals surface area contributed by atoms with Crippen molar-refractivity contribution in [3.63, 3.8) is 0 Å². The molecule has 7 heteroatoms. The molecule has 1 aromatic heterocycles. The first-order chi connectivity index (χ1) is 11.0. The SMILES string of the molecule is Cc1ccc(C)c(S(=O)(=O)Nc2cccc(-c3nnco3)c2)c1. The molecule has 0 saturated carbocycles. The predicted octanol–water partition coefficient (Wildman–Crippen LogP) is 3.15. The first kappa shape index (κ1) is 15.2. The van der Waals surface area contributed by atoms with Crippen molar-refractivity contribution in [1.29, 1.82) is 0 Å². The molecule has 2 aromatic carbocycles. The van der Waals surface area contributed by atoms with Gasteiger partial charge in [0.15, 0.2) is 0 Å². The summed E-state index contributed by atoms with van der Waals surface area (Å²) in [5.41, 5.74) is 2.65. The van der Waals surface area contributed by atoms with Crippen molar-refractivity contribution < 1.29 is 12.8 Å². The lowest BCUT2D eigenvalue weighted by atomic mass is 10.2. The molecule has 1 heterocycles. The van der Waals surface area contributed by atoms with Gasteiger partial charge in [-0.2, -0.15) is 0 Å². The molecule has 0 atom stereocenters. The van der Waals surface area contributed by atoms with Crippen molar-refractivity contribution >= 4 is 15.7 Å². The van der Waals surface area contributed by atoms with E-state index >= 15 is 0 Å². The number of rotatable bonds is 4. The average molecular weight is 329 g/mol. The molecule has 0 amide bonds. The van der Waals surface area contributed by atoms with E-state index in [4.69, 9.17) is 4.42 Å². The average Bonchev–Trinajstić information content (AvgIpc) is 3.04. The van der Waals surface area contributed by atoms with Gasteiger partial charge in [0.1, 0.15) is 0 Å². The Bertz CT molecular complexity index is 935. The maximum atomic E-state index is 12.6. The highest BCUT2D eigenvalue weighted by Crippen LogP contribution is 2.24. The molecule has 0 aliphatic rings. The summed E-state index contributed by atoms with van der Waals surface area (Å²) in [7, 11) is -3.67. The summed E-state index contributed by atoms with van der Waals surface area (Å²) in [5.74, 6) is 0.331. The van der Waals surface area contributed by atoms with Crippen LogP contribution in [0.1, 0.15) is 11.1 Å². The number of aryl methyl sites for hydroxylation is 2. The Balaban J connectivity index is 1.95. The quantitative estimate of drug-likeness (QED) is 0.794. The van der Waals surface area contributed by atoms with Gasteiger partial charge in [0.25, 0.3) is 10.0 Å². The minimum atomic E-state index is -3.67. The van der Waals surface area contributed by atoms with E-state index in [-0.39, 0.29) is 4.90 Å². The predicted molar refractivity (Wildman–Crippen MR) is 86.5 cm³/mol. The second-order valence-corrected chi connectivity index (χ2v) is 6.85. The summed E-state index contributed by atoms with van der Waals surface area (Å²) in [4.78, 5) is 0.265. The van der Waals surface area contributed by atoms with E-state index in [1.54, 1.807) is 43.3 Å². The molecule has 0 bridgehead atoms. The summed E-state index contributed by atoms with van der Waals surface area (Å²) < 4.78 is 32.9. The van der Waals surface area contributed by atoms with Crippen molar-refractivity contribution in [1.82, 2.24) is 10.2 Å². The highest BCUT2D eigenvalue weighted by molar-refractivity contribution is 7.92. The second kappa shape index (κ2) is 5.85. The molecular formula is C16H15N3O3S. The van der Waals surface area contributed by atoms with Crippen LogP contribution >= 0.6 is 0 Å². The molecule has 3 aromatic rings. The molecule has 0 spiro atoms. The number of sulfonamides is 1. The van der Waals surface area contributed by atoms with E-state index in [0.29, 0.717) is 22.7 Å². The Hall–Kier alpha value is -2.67. The molecule has 0 aliphatic carbocycles. The van der Waals surface area contributed by atoms with Gasteiger partial charge in [0.2, 0.25) is 12.3 Å². The molecule has 0 saturated heterocycles. The number of nitrogens with one attached hydrogen (secondary N) is 1. The number of nitrogens with zero attached hydrogens (tertiary/aromatic N) is 2. The largest absolute Gasteiger partial charge is 0.423 e. The van der Waals surface area contributed by atoms with E-state index in [9.17, 15) is 8.42 Å². The van der Waals surface area contributed by atoms with Crippen LogP contribution < -0.4 is 4.72 Å². The Kier molecular flexibility index (Phi) is 3.87. The zero-order chi connectivity index (χ0) is 16.4. The first-order valence-electron chi connectivity index (χ1n) is 6.92. The number of anilines is 1. The van der Waals surface area contributed by atoms with Crippen LogP contribution in [0.15, 0.2) is 58.2 Å². The zero-order valence-electron chi connectivity index (χ0n) is 12.6. The van der Waals surface area contributed by atoms with Crippen molar-refractivity contribution in [3.05, 3.63) is 60.0 Å². The van der Waals surface area contributed by atoms with Crippen LogP contribution in [0.3, 0.4) is 0 Å². The van der Waals surface area contributed by atoms with Gasteiger partial charge in [-0.25, -0.2) is 8.42 Å². The van der Waals surface area contributed by atoms with Gasteiger partial charge >= 0.3 is 0 Å². The highest BCUT2D eigenvalue weighted by Gasteiger charge is 2.17. The fourth-order valence-electron chi connectivity index (χ4n) is 2.22. The Morgan fingerprint density at radius 3 is 2.65 bits per heavy atom. The van der Waals surface area contributed by atoms with Crippen LogP contribution in [-0.2, 0) is 10.0 Å². The second-order valence-electron chi connectivity index (χ2n) is 5.20. The standard InChI is InChI=1S/C16H15N3O3S/c1-11-6-7-12(2)15(8-11)23(20,21)19-14-5-3-4-13(9-14)16-18-17-10-22-16/h3-10,19H,1-2H3. The normalized spacial score (nSPS) is 11.4. The highest BCUT2D eigenvalue weighted by atomic mass is 32.2. The molecule has 118 valence electrons. The van der Waals surface area contributed by atoms with Gasteiger partial charge in [-0.3, -0.25) is 4.72 Å². The maximum absolute atomic E-state index is 12.6. The summed E-state index contributed by atoms with van der Waals surface area (Å²) in [6.07, 6.45) is 1.22. The van der Waals surface area contributed by atoms with Gasteiger partial charge in [-0.15, -0.1) is 10.2 Å². The third-order valence-electron chi connectivity index (χ3n) is 3.35. The van der Waals surface area contributed by atoms with Crippen LogP contribution in [0.2, 0.25) is 0 Å². The minimum absolute atomic E-state index is 0.265. The molecule has 3 rings (SSSR count). The van der Waals surface area contributed by atoms with Crippen molar-refractivity contribution in [2.24, 2.45) is 0 Å². The van der Waals surface area contributed by atoms with Gasteiger partial charge in [-0.1, -0.05) is 18.2 Å². The summed E-state index contributed by atoms with van der Waals surface area (Å²) in [5, 5.41) is 7.43. The Morgan fingerprint density at radius 1 is 1.09 bits per heavy atom. The minimum Gasteiger partial charge on any atom is -0.423 e. The fourth-order valence-corrected chi connectivity index (χ4v) is 3.60. The summed E-state index contributed by atoms with van der Waals surface area (Å²) in [6.45, 7) is 3.62. The molecule has 23 heavy (non-hydrogen) atoms. The molecule has 6 nitrogen and oxygen atoms in total. The monoisotopic (exact) mass is 329 g/mol. The van der Waals surface area contributed by atoms with Gasteiger partial charge < -0.3 is 4.42 Å². The van der Waals surface area contributed by atoms with E-state index in [1.807, 2.05) is 13.0 Å². The third-order valence-corrected chi connectivity index (χ3v) is 4.88. The van der Waals surface area contributed by atoms with E-state index in [0.717, 1.165) is 5.56 Å². The van der Waals surface area contributed by atoms with E-state index in [1.165, 1.54) is 6.39 Å². The molecule has 0 fully saturated rings. The number of hydrogen-bond acceptors (Lipinski definition) is 5. The van der Waals surface area contributed by atoms with Crippen LogP contribution in [0.4, 0.5) is 5.69 Å². The van der Waals surface area contributed by atoms with Crippen LogP contribution in [0, 0.1) is 13.8 Å². The number of hydrogen-bond donors (Lipinski definition) is 1. The lowest BCUT2D eigenvalue weighted by molar-refractivity contribution is 0.568. The third kappa shape index (κ3) is 3.24. The molecule has 0 unspecified atom stereocenters. The summed E-state index contributed by atoms with van der Waals surface area (Å²) >= 11 is 0. The molecule has 0 aliphatic heterocycles. The number of benzene rings is 2. The van der Waals surface area contributed by atoms with Crippen LogP contribution in [0.5, 0.6) is 0 Å². The smallest absolute Gasteiger partial charge is 0.262 e. The summed E-state index contributed by atoms with van der Waals surface area (Å²) in [6, 6.07) is 12.1. The van der Waals surface area contributed by atoms with Crippen molar-refractivity contribution in [3.8, 4) is 11.5 Å². The molecule has 1 N–H and O–H groups in total. The van der Waals surface area contributed by atoms with Crippen LogP contribution in [-0.4, -0.2) is 18.6 Å². The lowest BCUT2D eigenvalue weighted by Crippen LogP contribution is -2.14. The first-order valence-corrected chi connectivity index (χ1v) is 8.41. The van der Waals surface area contributed by atoms with Gasteiger partial charge in [0, 0.05) is 11.3 Å². The Morgan fingerprint density at radius 2 is 1.91 bits per heavy atom. The zero-order valence-corrected chi connectivity index (χ0v) is 13.5. The lowest BCUT2D eigenvalue weighted by Gasteiger charge is -2.11. The molecular weight excluding hydrogens is 314 g/mol. The van der Waals surface area contributed by atoms with E-state index in [2.05, 4.69) is 14.9 Å². The van der Waals surface area contributed by atoms with Gasteiger partial charge in [0.05, 0.1) is 4.90 Å². The Labute approximate surface area is 134 Å². The van der Waals surface area contributed by atoms with Crippen LogP contribution in [0.25, 0.3) is 11.5 Å². The van der Waals surface area contributed by atoms with Gasteiger partial charge in [-0.05, 0) is 49.2 Å². The fraction of sp³-hybridized carbons (Fsp3) is 0.125. The van der Waals surface area contributed by atoms with Crippen molar-refractivity contribution in [2.45, 2.75) is 18.7 Å². The topological polar surface area (TPSA) is 85.1 Å². The van der Waals surface area contributed by atoms with E-state index < -0.39 is 10.0 Å². The molecule has 0 radical (unpaired) electrons.